The molecule has 0 aliphatic carbocycles. The summed E-state index contributed by atoms with van der Waals surface area (Å²) >= 11 is 1.57. The van der Waals surface area contributed by atoms with Crippen molar-refractivity contribution >= 4 is 11.3 Å². The summed E-state index contributed by atoms with van der Waals surface area (Å²) in [6, 6.07) is 7.90. The van der Waals surface area contributed by atoms with E-state index < -0.39 is 0 Å². The molecule has 1 radical (unpaired) electrons. The van der Waals surface area contributed by atoms with Crippen LogP contribution in [0.3, 0.4) is 0 Å². The quantitative estimate of drug-likeness (QED) is 0.625. The summed E-state index contributed by atoms with van der Waals surface area (Å²) in [5.41, 5.74) is 2.07. The Balaban J connectivity index is 2.46. The maximum atomic E-state index is 4.20. The van der Waals surface area contributed by atoms with Gasteiger partial charge in [-0.15, -0.1) is 11.3 Å². The van der Waals surface area contributed by atoms with Gasteiger partial charge in [0, 0.05) is 11.8 Å². The minimum Gasteiger partial charge on any atom is -0.256 e. The zero-order chi connectivity index (χ0) is 7.52. The highest BCUT2D eigenvalue weighted by Crippen LogP contribution is 2.17. The molecule has 0 saturated carbocycles. The summed E-state index contributed by atoms with van der Waals surface area (Å²) in [6.07, 6.45) is 1.79. The third-order valence-electron chi connectivity index (χ3n) is 1.41. The fourth-order valence-electron chi connectivity index (χ4n) is 0.893. The molecule has 1 nitrogen and oxygen atoms in total. The Morgan fingerprint density at radius 3 is 2.91 bits per heavy atom. The van der Waals surface area contributed by atoms with E-state index in [1.165, 1.54) is 0 Å². The van der Waals surface area contributed by atoms with Crippen LogP contribution in [0.25, 0.3) is 11.3 Å². The first kappa shape index (κ1) is 6.55. The molecule has 0 aromatic carbocycles. The fraction of sp³-hybridized carbons (Fsp3) is 0. The molecule has 0 fully saturated rings. The number of hydrogen-bond acceptors (Lipinski definition) is 2. The molecule has 0 spiro atoms. The molecular formula is C9H6NS. The molecule has 0 N–H and O–H groups in total. The van der Waals surface area contributed by atoms with Crippen molar-refractivity contribution in [3.63, 3.8) is 0 Å². The van der Waals surface area contributed by atoms with Gasteiger partial charge in [0.05, 0.1) is 11.1 Å². The van der Waals surface area contributed by atoms with E-state index in [1.54, 1.807) is 17.5 Å². The number of thiophene rings is 1. The predicted molar refractivity (Wildman–Crippen MR) is 46.4 cm³/mol. The van der Waals surface area contributed by atoms with Gasteiger partial charge in [0.15, 0.2) is 0 Å². The van der Waals surface area contributed by atoms with Gasteiger partial charge >= 0.3 is 0 Å². The lowest BCUT2D eigenvalue weighted by Gasteiger charge is -1.92. The summed E-state index contributed by atoms with van der Waals surface area (Å²) in [6.45, 7) is 0. The Morgan fingerprint density at radius 1 is 1.27 bits per heavy atom. The van der Waals surface area contributed by atoms with Crippen LogP contribution < -0.4 is 0 Å². The molecule has 2 heterocycles. The van der Waals surface area contributed by atoms with Crippen molar-refractivity contribution in [3.05, 3.63) is 41.2 Å². The number of nitrogens with zero attached hydrogens (tertiary/aromatic N) is 1. The minimum absolute atomic E-state index is 0.994. The largest absolute Gasteiger partial charge is 0.256 e. The summed E-state index contributed by atoms with van der Waals surface area (Å²) < 4.78 is 0. The van der Waals surface area contributed by atoms with Crippen molar-refractivity contribution in [3.8, 4) is 11.3 Å². The van der Waals surface area contributed by atoms with Crippen LogP contribution >= 0.6 is 11.3 Å². The van der Waals surface area contributed by atoms with Gasteiger partial charge in [-0.2, -0.15) is 0 Å². The number of hydrogen-bond donors (Lipinski definition) is 0. The van der Waals surface area contributed by atoms with Gasteiger partial charge in [-0.1, -0.05) is 6.07 Å². The van der Waals surface area contributed by atoms with Crippen LogP contribution in [0.5, 0.6) is 0 Å². The summed E-state index contributed by atoms with van der Waals surface area (Å²) in [5, 5.41) is 5.14. The van der Waals surface area contributed by atoms with Crippen LogP contribution in [0.15, 0.2) is 35.8 Å². The van der Waals surface area contributed by atoms with Crippen LogP contribution in [0.2, 0.25) is 0 Å². The van der Waals surface area contributed by atoms with Gasteiger partial charge in [0.25, 0.3) is 0 Å². The maximum Gasteiger partial charge on any atom is 0.0716 e. The Kier molecular flexibility index (Phi) is 1.69. The monoisotopic (exact) mass is 160 g/mol. The van der Waals surface area contributed by atoms with Crippen molar-refractivity contribution in [2.75, 3.05) is 0 Å². The smallest absolute Gasteiger partial charge is 0.0716 e. The van der Waals surface area contributed by atoms with Gasteiger partial charge in [-0.3, -0.25) is 4.98 Å². The van der Waals surface area contributed by atoms with Gasteiger partial charge < -0.3 is 0 Å². The highest BCUT2D eigenvalue weighted by atomic mass is 32.1. The van der Waals surface area contributed by atoms with Crippen molar-refractivity contribution < 1.29 is 0 Å². The third kappa shape index (κ3) is 1.30. The molecule has 0 amide bonds. The van der Waals surface area contributed by atoms with Crippen molar-refractivity contribution in [1.82, 2.24) is 4.98 Å². The Hall–Kier alpha value is -1.15. The molecule has 2 rings (SSSR count). The molecular weight excluding hydrogens is 154 g/mol. The second-order valence-electron chi connectivity index (χ2n) is 2.15. The molecule has 0 unspecified atom stereocenters. The van der Waals surface area contributed by atoms with Crippen LogP contribution in [0.1, 0.15) is 0 Å². The zero-order valence-corrected chi connectivity index (χ0v) is 6.64. The lowest BCUT2D eigenvalue weighted by Crippen LogP contribution is -1.76. The first-order valence-electron chi connectivity index (χ1n) is 3.33. The molecule has 0 aliphatic heterocycles. The first-order chi connectivity index (χ1) is 5.47. The second-order valence-corrected chi connectivity index (χ2v) is 2.86. The minimum atomic E-state index is 0.994. The Morgan fingerprint density at radius 2 is 2.27 bits per heavy atom. The maximum absolute atomic E-state index is 4.20. The molecule has 2 aromatic rings. The van der Waals surface area contributed by atoms with Crippen molar-refractivity contribution in [1.29, 1.82) is 0 Å². The van der Waals surface area contributed by atoms with Crippen LogP contribution in [-0.4, -0.2) is 4.98 Å². The van der Waals surface area contributed by atoms with E-state index in [4.69, 9.17) is 0 Å². The van der Waals surface area contributed by atoms with E-state index in [1.807, 2.05) is 29.6 Å². The molecule has 0 saturated heterocycles. The molecule has 2 heteroatoms. The normalized spacial score (nSPS) is 9.82. The van der Waals surface area contributed by atoms with Gasteiger partial charge in [-0.05, 0) is 23.6 Å². The first-order valence-corrected chi connectivity index (χ1v) is 4.21. The van der Waals surface area contributed by atoms with E-state index in [9.17, 15) is 0 Å². The number of aromatic nitrogens is 1. The fourth-order valence-corrected chi connectivity index (χ4v) is 1.47. The average Bonchev–Trinajstić information content (AvgIpc) is 2.58. The molecule has 0 aliphatic rings. The van der Waals surface area contributed by atoms with Crippen LogP contribution in [0.4, 0.5) is 0 Å². The summed E-state index contributed by atoms with van der Waals surface area (Å²) in [7, 11) is 0. The molecule has 2 aromatic heterocycles. The second kappa shape index (κ2) is 2.84. The average molecular weight is 160 g/mol. The highest BCUT2D eigenvalue weighted by molar-refractivity contribution is 7.07. The topological polar surface area (TPSA) is 12.9 Å². The summed E-state index contributed by atoms with van der Waals surface area (Å²) in [5.74, 6) is 0. The zero-order valence-electron chi connectivity index (χ0n) is 5.82. The standard InChI is InChI=1S/C9H6NS/c1-2-5-10-9(3-1)8-4-6-11-7-8/h1-6H. The van der Waals surface area contributed by atoms with Crippen LogP contribution in [-0.2, 0) is 0 Å². The van der Waals surface area contributed by atoms with E-state index >= 15 is 0 Å². The van der Waals surface area contributed by atoms with E-state index in [0.29, 0.717) is 0 Å². The van der Waals surface area contributed by atoms with Crippen molar-refractivity contribution in [2.24, 2.45) is 0 Å². The molecule has 0 atom stereocenters. The van der Waals surface area contributed by atoms with Crippen LogP contribution in [0, 0.1) is 5.38 Å². The summed E-state index contributed by atoms with van der Waals surface area (Å²) in [4.78, 5) is 4.20. The Bertz CT molecular complexity index is 313. The Labute approximate surface area is 69.3 Å². The third-order valence-corrected chi connectivity index (χ3v) is 2.02. The van der Waals surface area contributed by atoms with Gasteiger partial charge in [0.2, 0.25) is 0 Å². The lowest BCUT2D eigenvalue weighted by molar-refractivity contribution is 1.33. The van der Waals surface area contributed by atoms with E-state index in [0.717, 1.165) is 11.3 Å². The predicted octanol–water partition coefficient (Wildman–Crippen LogP) is 2.61. The van der Waals surface area contributed by atoms with E-state index in [2.05, 4.69) is 10.4 Å². The number of pyridine rings is 1. The molecule has 11 heavy (non-hydrogen) atoms. The van der Waals surface area contributed by atoms with Gasteiger partial charge in [-0.25, -0.2) is 0 Å². The van der Waals surface area contributed by atoms with Gasteiger partial charge in [0.1, 0.15) is 0 Å². The number of rotatable bonds is 1. The molecule has 0 bridgehead atoms. The SMILES string of the molecule is [c]1sccc1-c1ccccn1. The lowest BCUT2D eigenvalue weighted by atomic mass is 10.2. The highest BCUT2D eigenvalue weighted by Gasteiger charge is 1.96. The van der Waals surface area contributed by atoms with E-state index in [-0.39, 0.29) is 0 Å². The molecule has 53 valence electrons. The van der Waals surface area contributed by atoms with Crippen molar-refractivity contribution in [2.45, 2.75) is 0 Å².